The molecule has 2 aromatic carbocycles. The van der Waals surface area contributed by atoms with Gasteiger partial charge in [0.25, 0.3) is 0 Å². The van der Waals surface area contributed by atoms with Crippen molar-refractivity contribution in [2.24, 2.45) is 5.92 Å². The number of nitrogens with zero attached hydrogens (tertiary/aromatic N) is 5. The van der Waals surface area contributed by atoms with Gasteiger partial charge in [-0.25, -0.2) is 13.4 Å². The summed E-state index contributed by atoms with van der Waals surface area (Å²) < 4.78 is 28.2. The molecule has 154 valence electrons. The minimum atomic E-state index is -3.84. The van der Waals surface area contributed by atoms with Crippen LogP contribution in [0.5, 0.6) is 0 Å². The van der Waals surface area contributed by atoms with E-state index in [2.05, 4.69) is 22.1 Å². The summed E-state index contributed by atoms with van der Waals surface area (Å²) in [5, 5.41) is 9.06. The maximum absolute atomic E-state index is 13.3. The molecule has 0 unspecified atom stereocenters. The number of para-hydroxylation sites is 1. The Kier molecular flexibility index (Phi) is 4.47. The molecule has 2 aromatic heterocycles. The predicted molar refractivity (Wildman–Crippen MR) is 116 cm³/mol. The minimum absolute atomic E-state index is 0.108. The number of sulfone groups is 1. The van der Waals surface area contributed by atoms with Gasteiger partial charge in [0, 0.05) is 18.5 Å². The summed E-state index contributed by atoms with van der Waals surface area (Å²) in [6.07, 6.45) is 2.28. The van der Waals surface area contributed by atoms with Crippen LogP contribution in [0.2, 0.25) is 0 Å². The molecule has 0 radical (unpaired) electrons. The molecule has 0 bridgehead atoms. The Balaban J connectivity index is 1.75. The van der Waals surface area contributed by atoms with E-state index in [9.17, 15) is 8.42 Å². The van der Waals surface area contributed by atoms with Crippen molar-refractivity contribution in [2.45, 2.75) is 36.6 Å². The lowest BCUT2D eigenvalue weighted by Crippen LogP contribution is -2.35. The van der Waals surface area contributed by atoms with Gasteiger partial charge in [-0.05, 0) is 49.9 Å². The second kappa shape index (κ2) is 7.05. The largest absolute Gasteiger partial charge is 0.356 e. The first kappa shape index (κ1) is 19.0. The molecular weight excluding hydrogens is 398 g/mol. The fourth-order valence-corrected chi connectivity index (χ4v) is 5.39. The highest BCUT2D eigenvalue weighted by molar-refractivity contribution is 7.91. The van der Waals surface area contributed by atoms with Crippen molar-refractivity contribution < 1.29 is 8.42 Å². The third-order valence-electron chi connectivity index (χ3n) is 5.74. The van der Waals surface area contributed by atoms with Crippen molar-refractivity contribution in [3.8, 4) is 0 Å². The monoisotopic (exact) mass is 421 g/mol. The van der Waals surface area contributed by atoms with Gasteiger partial charge in [0.1, 0.15) is 5.82 Å². The molecule has 1 fully saturated rings. The van der Waals surface area contributed by atoms with Gasteiger partial charge in [-0.2, -0.15) is 4.52 Å². The number of aryl methyl sites for hydroxylation is 1. The lowest BCUT2D eigenvalue weighted by Gasteiger charge is -2.32. The molecule has 7 nitrogen and oxygen atoms in total. The highest BCUT2D eigenvalue weighted by Gasteiger charge is 2.28. The quantitative estimate of drug-likeness (QED) is 0.502. The zero-order valence-electron chi connectivity index (χ0n) is 17.0. The fraction of sp³-hybridized carbons (Fsp3) is 0.318. The summed E-state index contributed by atoms with van der Waals surface area (Å²) in [6.45, 7) is 5.96. The van der Waals surface area contributed by atoms with Crippen molar-refractivity contribution in [1.82, 2.24) is 19.8 Å². The predicted octanol–water partition coefficient (Wildman–Crippen LogP) is 3.66. The number of benzene rings is 2. The maximum Gasteiger partial charge on any atom is 0.229 e. The van der Waals surface area contributed by atoms with Gasteiger partial charge < -0.3 is 4.90 Å². The number of rotatable bonds is 3. The summed E-state index contributed by atoms with van der Waals surface area (Å²) in [4.78, 5) is 7.26. The van der Waals surface area contributed by atoms with Gasteiger partial charge in [0.15, 0.2) is 5.65 Å². The summed E-state index contributed by atoms with van der Waals surface area (Å²) in [5.41, 5.74) is 2.06. The highest BCUT2D eigenvalue weighted by atomic mass is 32.2. The first-order chi connectivity index (χ1) is 14.4. The van der Waals surface area contributed by atoms with Crippen LogP contribution in [0.1, 0.15) is 25.3 Å². The molecular formula is C22H23N5O2S. The summed E-state index contributed by atoms with van der Waals surface area (Å²) in [6, 6.07) is 14.6. The van der Waals surface area contributed by atoms with Crippen LogP contribution in [0, 0.1) is 12.8 Å². The SMILES string of the molecule is Cc1ccc(S(=O)(=O)c2nnn3c2nc(N2CCC[C@@H](C)C2)c2ccccc23)cc1. The third-order valence-corrected chi connectivity index (χ3v) is 7.41. The summed E-state index contributed by atoms with van der Waals surface area (Å²) in [7, 11) is -3.84. The number of anilines is 1. The zero-order valence-corrected chi connectivity index (χ0v) is 17.8. The van der Waals surface area contributed by atoms with Crippen LogP contribution >= 0.6 is 0 Å². The Morgan fingerprint density at radius 2 is 1.83 bits per heavy atom. The average molecular weight is 422 g/mol. The van der Waals surface area contributed by atoms with Crippen LogP contribution in [0.3, 0.4) is 0 Å². The molecule has 8 heteroatoms. The van der Waals surface area contributed by atoms with Crippen molar-refractivity contribution in [3.63, 3.8) is 0 Å². The summed E-state index contributed by atoms with van der Waals surface area (Å²) >= 11 is 0. The second-order valence-corrected chi connectivity index (χ2v) is 9.96. The number of piperidine rings is 1. The molecule has 3 heterocycles. The van der Waals surface area contributed by atoms with E-state index in [-0.39, 0.29) is 15.6 Å². The van der Waals surface area contributed by atoms with E-state index in [0.717, 1.165) is 41.8 Å². The van der Waals surface area contributed by atoms with Crippen LogP contribution in [-0.4, -0.2) is 41.3 Å². The van der Waals surface area contributed by atoms with Crippen LogP contribution in [0.15, 0.2) is 58.5 Å². The first-order valence-corrected chi connectivity index (χ1v) is 11.6. The number of fused-ring (bicyclic) bond motifs is 3. The molecule has 0 aliphatic carbocycles. The van der Waals surface area contributed by atoms with Crippen LogP contribution in [-0.2, 0) is 9.84 Å². The Bertz CT molecular complexity index is 1350. The standard InChI is InChI=1S/C22H23N5O2S/c1-15-9-11-17(12-10-15)30(28,29)22-21-23-20(26-13-5-6-16(2)14-26)18-7-3-4-8-19(18)27(21)25-24-22/h3-4,7-12,16H,5-6,13-14H2,1-2H3/t16-/m1/s1. The van der Waals surface area contributed by atoms with Gasteiger partial charge >= 0.3 is 0 Å². The van der Waals surface area contributed by atoms with Gasteiger partial charge in [0.05, 0.1) is 10.4 Å². The Hall–Kier alpha value is -3.00. The average Bonchev–Trinajstić information content (AvgIpc) is 3.19. The summed E-state index contributed by atoms with van der Waals surface area (Å²) in [5.74, 6) is 1.36. The van der Waals surface area contributed by atoms with E-state index in [1.165, 1.54) is 10.9 Å². The molecule has 0 amide bonds. The molecule has 4 aromatic rings. The molecule has 1 aliphatic heterocycles. The van der Waals surface area contributed by atoms with Crippen molar-refractivity contribution in [1.29, 1.82) is 0 Å². The second-order valence-electron chi connectivity index (χ2n) is 8.09. The van der Waals surface area contributed by atoms with E-state index in [1.54, 1.807) is 24.3 Å². The topological polar surface area (TPSA) is 80.5 Å². The van der Waals surface area contributed by atoms with Crippen molar-refractivity contribution in [3.05, 3.63) is 54.1 Å². The fourth-order valence-electron chi connectivity index (χ4n) is 4.15. The van der Waals surface area contributed by atoms with E-state index in [0.29, 0.717) is 5.92 Å². The molecule has 0 saturated carbocycles. The molecule has 0 N–H and O–H groups in total. The van der Waals surface area contributed by atoms with Crippen LogP contribution in [0.25, 0.3) is 16.6 Å². The van der Waals surface area contributed by atoms with Gasteiger partial charge in [-0.3, -0.25) is 0 Å². The van der Waals surface area contributed by atoms with Crippen molar-refractivity contribution in [2.75, 3.05) is 18.0 Å². The smallest absolute Gasteiger partial charge is 0.229 e. The van der Waals surface area contributed by atoms with E-state index < -0.39 is 9.84 Å². The lowest BCUT2D eigenvalue weighted by molar-refractivity contribution is 0.445. The maximum atomic E-state index is 13.3. The molecule has 1 saturated heterocycles. The van der Waals surface area contributed by atoms with Gasteiger partial charge in [-0.15, -0.1) is 5.10 Å². The molecule has 5 rings (SSSR count). The third kappa shape index (κ3) is 3.02. The van der Waals surface area contributed by atoms with E-state index in [4.69, 9.17) is 4.98 Å². The molecule has 1 aliphatic rings. The Morgan fingerprint density at radius 1 is 1.07 bits per heavy atom. The number of aromatic nitrogens is 4. The highest BCUT2D eigenvalue weighted by Crippen LogP contribution is 2.31. The molecule has 30 heavy (non-hydrogen) atoms. The zero-order chi connectivity index (χ0) is 20.9. The Labute approximate surface area is 175 Å². The van der Waals surface area contributed by atoms with Crippen molar-refractivity contribution >= 4 is 32.2 Å². The number of hydrogen-bond acceptors (Lipinski definition) is 6. The van der Waals surface area contributed by atoms with Crippen LogP contribution < -0.4 is 4.90 Å². The lowest BCUT2D eigenvalue weighted by atomic mass is 10.00. The minimum Gasteiger partial charge on any atom is -0.356 e. The van der Waals surface area contributed by atoms with E-state index in [1.807, 2.05) is 31.2 Å². The first-order valence-electron chi connectivity index (χ1n) is 10.2. The van der Waals surface area contributed by atoms with Crippen LogP contribution in [0.4, 0.5) is 5.82 Å². The van der Waals surface area contributed by atoms with Gasteiger partial charge in [-0.1, -0.05) is 42.0 Å². The number of hydrogen-bond donors (Lipinski definition) is 0. The van der Waals surface area contributed by atoms with E-state index >= 15 is 0 Å². The molecule has 0 spiro atoms. The Morgan fingerprint density at radius 3 is 2.60 bits per heavy atom. The molecule has 1 atom stereocenters. The van der Waals surface area contributed by atoms with Gasteiger partial charge in [0.2, 0.25) is 14.9 Å². The normalized spacial score (nSPS) is 17.7.